The van der Waals surface area contributed by atoms with Crippen LogP contribution in [0, 0.1) is 5.92 Å². The Bertz CT molecular complexity index is 655. The van der Waals surface area contributed by atoms with Gasteiger partial charge in [0.15, 0.2) is 0 Å². The quantitative estimate of drug-likeness (QED) is 0.714. The van der Waals surface area contributed by atoms with Crippen LogP contribution in [0.3, 0.4) is 0 Å². The van der Waals surface area contributed by atoms with E-state index in [0.29, 0.717) is 19.0 Å². The number of hydrogen-bond donors (Lipinski definition) is 0. The fourth-order valence-corrected chi connectivity index (χ4v) is 5.44. The maximum Gasteiger partial charge on any atom is 0.214 e. The Balaban J connectivity index is 1.48. The Hall–Kier alpha value is -0.960. The molecule has 2 saturated heterocycles. The van der Waals surface area contributed by atoms with E-state index in [9.17, 15) is 8.42 Å². The van der Waals surface area contributed by atoms with Gasteiger partial charge >= 0.3 is 0 Å². The third-order valence-corrected chi connectivity index (χ3v) is 7.39. The van der Waals surface area contributed by atoms with E-state index in [0.717, 1.165) is 65.1 Å². The number of hydrogen-bond acceptors (Lipinski definition) is 5. The van der Waals surface area contributed by atoms with Gasteiger partial charge in [0.2, 0.25) is 10.0 Å². The van der Waals surface area contributed by atoms with E-state index in [-0.39, 0.29) is 5.75 Å². The highest BCUT2D eigenvalue weighted by Crippen LogP contribution is 2.20. The van der Waals surface area contributed by atoms with E-state index in [1.807, 2.05) is 10.9 Å². The number of rotatable bonds is 7. The normalized spacial score (nSPS) is 21.7. The van der Waals surface area contributed by atoms with Crippen LogP contribution in [-0.2, 0) is 27.8 Å². The minimum Gasteiger partial charge on any atom is -0.381 e. The van der Waals surface area contributed by atoms with Crippen LogP contribution in [-0.4, -0.2) is 72.5 Å². The lowest BCUT2D eigenvalue weighted by Crippen LogP contribution is -2.37. The molecule has 3 rings (SSSR count). The molecule has 3 heterocycles. The van der Waals surface area contributed by atoms with Gasteiger partial charge in [-0.15, -0.1) is 0 Å². The van der Waals surface area contributed by atoms with Gasteiger partial charge in [0.1, 0.15) is 0 Å². The lowest BCUT2D eigenvalue weighted by atomic mass is 9.98. The number of nitrogens with zero attached hydrogens (tertiary/aromatic N) is 4. The summed E-state index contributed by atoms with van der Waals surface area (Å²) in [5, 5.41) is 4.32. The second kappa shape index (κ2) is 9.30. The molecule has 148 valence electrons. The van der Waals surface area contributed by atoms with Crippen molar-refractivity contribution in [3.63, 3.8) is 0 Å². The molecule has 1 aromatic rings. The van der Waals surface area contributed by atoms with Gasteiger partial charge < -0.3 is 4.74 Å². The van der Waals surface area contributed by atoms with Gasteiger partial charge in [-0.3, -0.25) is 9.58 Å². The Kier molecular flexibility index (Phi) is 7.08. The third kappa shape index (κ3) is 5.52. The summed E-state index contributed by atoms with van der Waals surface area (Å²) >= 11 is 0. The Morgan fingerprint density at radius 2 is 2.00 bits per heavy atom. The molecule has 1 aromatic heterocycles. The molecular formula is C18H32N4O3S. The average molecular weight is 385 g/mol. The molecule has 2 aliphatic heterocycles. The molecule has 0 saturated carbocycles. The van der Waals surface area contributed by atoms with Crippen molar-refractivity contribution >= 4 is 10.0 Å². The van der Waals surface area contributed by atoms with Crippen molar-refractivity contribution < 1.29 is 13.2 Å². The first-order valence-electron chi connectivity index (χ1n) is 9.86. The van der Waals surface area contributed by atoms with E-state index in [1.165, 1.54) is 5.56 Å². The van der Waals surface area contributed by atoms with Crippen molar-refractivity contribution in [3.8, 4) is 0 Å². The van der Waals surface area contributed by atoms with Gasteiger partial charge in [-0.2, -0.15) is 5.10 Å². The SMILES string of the molecule is CCn1cc(CN2CCCN(S(=O)(=O)CCC3CCOCC3)CC2)cn1. The van der Waals surface area contributed by atoms with Crippen molar-refractivity contribution in [1.29, 1.82) is 0 Å². The molecule has 2 aliphatic rings. The minimum atomic E-state index is -3.15. The second-order valence-electron chi connectivity index (χ2n) is 7.39. The molecule has 0 amide bonds. The number of aromatic nitrogens is 2. The molecule has 0 bridgehead atoms. The molecule has 8 heteroatoms. The van der Waals surface area contributed by atoms with Gasteiger partial charge in [0.05, 0.1) is 11.9 Å². The minimum absolute atomic E-state index is 0.279. The van der Waals surface area contributed by atoms with Crippen LogP contribution < -0.4 is 0 Å². The van der Waals surface area contributed by atoms with E-state index in [2.05, 4.69) is 23.1 Å². The van der Waals surface area contributed by atoms with Gasteiger partial charge in [-0.05, 0) is 45.1 Å². The zero-order valence-corrected chi connectivity index (χ0v) is 16.7. The van der Waals surface area contributed by atoms with Crippen LogP contribution in [0.1, 0.15) is 38.2 Å². The van der Waals surface area contributed by atoms with E-state index in [4.69, 9.17) is 4.74 Å². The smallest absolute Gasteiger partial charge is 0.214 e. The molecule has 2 fully saturated rings. The summed E-state index contributed by atoms with van der Waals surface area (Å²) in [6.07, 6.45) is 7.63. The molecule has 0 N–H and O–H groups in total. The predicted octanol–water partition coefficient (Wildman–Crippen LogP) is 1.56. The van der Waals surface area contributed by atoms with Crippen LogP contribution >= 0.6 is 0 Å². The van der Waals surface area contributed by atoms with Crippen molar-refractivity contribution in [3.05, 3.63) is 18.0 Å². The molecular weight excluding hydrogens is 352 g/mol. The highest BCUT2D eigenvalue weighted by molar-refractivity contribution is 7.89. The maximum absolute atomic E-state index is 12.8. The van der Waals surface area contributed by atoms with Crippen molar-refractivity contribution in [2.75, 3.05) is 45.1 Å². The van der Waals surface area contributed by atoms with Crippen LogP contribution in [0.4, 0.5) is 0 Å². The Labute approximate surface area is 157 Å². The Morgan fingerprint density at radius 3 is 2.73 bits per heavy atom. The van der Waals surface area contributed by atoms with Crippen molar-refractivity contribution in [2.24, 2.45) is 5.92 Å². The fourth-order valence-electron chi connectivity index (χ4n) is 3.78. The van der Waals surface area contributed by atoms with Gasteiger partial charge in [0, 0.05) is 57.7 Å². The highest BCUT2D eigenvalue weighted by atomic mass is 32.2. The van der Waals surface area contributed by atoms with Crippen LogP contribution in [0.5, 0.6) is 0 Å². The van der Waals surface area contributed by atoms with Crippen LogP contribution in [0.15, 0.2) is 12.4 Å². The van der Waals surface area contributed by atoms with Gasteiger partial charge in [0.25, 0.3) is 0 Å². The summed E-state index contributed by atoms with van der Waals surface area (Å²) in [6.45, 7) is 8.30. The summed E-state index contributed by atoms with van der Waals surface area (Å²) in [5.41, 5.74) is 1.20. The zero-order chi connectivity index (χ0) is 18.4. The summed E-state index contributed by atoms with van der Waals surface area (Å²) in [7, 11) is -3.15. The first-order chi connectivity index (χ1) is 12.6. The average Bonchev–Trinajstić information content (AvgIpc) is 2.97. The molecule has 0 spiro atoms. The lowest BCUT2D eigenvalue weighted by molar-refractivity contribution is 0.0655. The van der Waals surface area contributed by atoms with Crippen LogP contribution in [0.25, 0.3) is 0 Å². The van der Waals surface area contributed by atoms with Gasteiger partial charge in [-0.1, -0.05) is 0 Å². The molecule has 0 aromatic carbocycles. The van der Waals surface area contributed by atoms with Gasteiger partial charge in [-0.25, -0.2) is 12.7 Å². The third-order valence-electron chi connectivity index (χ3n) is 5.48. The molecule has 0 unspecified atom stereocenters. The largest absolute Gasteiger partial charge is 0.381 e. The molecule has 0 aliphatic carbocycles. The maximum atomic E-state index is 12.8. The van der Waals surface area contributed by atoms with E-state index < -0.39 is 10.0 Å². The lowest BCUT2D eigenvalue weighted by Gasteiger charge is -2.24. The first-order valence-corrected chi connectivity index (χ1v) is 11.5. The molecule has 0 atom stereocenters. The predicted molar refractivity (Wildman–Crippen MR) is 101 cm³/mol. The Morgan fingerprint density at radius 1 is 1.19 bits per heavy atom. The molecule has 7 nitrogen and oxygen atoms in total. The summed E-state index contributed by atoms with van der Waals surface area (Å²) in [4.78, 5) is 2.34. The molecule has 26 heavy (non-hydrogen) atoms. The molecule has 0 radical (unpaired) electrons. The summed E-state index contributed by atoms with van der Waals surface area (Å²) in [5.74, 6) is 0.776. The monoisotopic (exact) mass is 384 g/mol. The standard InChI is InChI=1S/C18H32N4O3S/c1-2-21-16-18(14-19-21)15-20-7-3-8-22(10-9-20)26(23,24)13-6-17-4-11-25-12-5-17/h14,16-17H,2-13,15H2,1H3. The summed E-state index contributed by atoms with van der Waals surface area (Å²) < 4.78 is 34.5. The topological polar surface area (TPSA) is 67.7 Å². The van der Waals surface area contributed by atoms with E-state index >= 15 is 0 Å². The number of ether oxygens (including phenoxy) is 1. The fraction of sp³-hybridized carbons (Fsp3) is 0.833. The van der Waals surface area contributed by atoms with Crippen molar-refractivity contribution in [2.45, 2.75) is 45.7 Å². The highest BCUT2D eigenvalue weighted by Gasteiger charge is 2.26. The van der Waals surface area contributed by atoms with E-state index in [1.54, 1.807) is 4.31 Å². The number of sulfonamides is 1. The summed E-state index contributed by atoms with van der Waals surface area (Å²) in [6, 6.07) is 0. The number of aryl methyl sites for hydroxylation is 1. The van der Waals surface area contributed by atoms with Crippen LogP contribution in [0.2, 0.25) is 0 Å². The van der Waals surface area contributed by atoms with Crippen molar-refractivity contribution in [1.82, 2.24) is 19.0 Å². The first kappa shape index (κ1) is 19.8. The second-order valence-corrected chi connectivity index (χ2v) is 9.48. The zero-order valence-electron chi connectivity index (χ0n) is 15.8.